The number of aliphatic imine (C=N–C) groups is 1. The molecule has 0 atom stereocenters. The van der Waals surface area contributed by atoms with Gasteiger partial charge in [-0.25, -0.2) is 4.98 Å². The van der Waals surface area contributed by atoms with Gasteiger partial charge in [-0.2, -0.15) is 0 Å². The van der Waals surface area contributed by atoms with Crippen LogP contribution >= 0.6 is 11.3 Å². The van der Waals surface area contributed by atoms with Crippen molar-refractivity contribution in [2.24, 2.45) is 4.99 Å². The molecule has 0 spiro atoms. The number of guanidine groups is 1. The molecular formula is C18H27N5O2S. The van der Waals surface area contributed by atoms with E-state index in [4.69, 9.17) is 9.47 Å². The van der Waals surface area contributed by atoms with Crippen molar-refractivity contribution in [2.45, 2.75) is 13.0 Å². The predicted molar refractivity (Wildman–Crippen MR) is 108 cm³/mol. The van der Waals surface area contributed by atoms with Crippen molar-refractivity contribution in [2.75, 3.05) is 46.8 Å². The minimum atomic E-state index is 0.639. The average molecular weight is 378 g/mol. The third kappa shape index (κ3) is 5.52. The molecule has 8 heteroatoms. The van der Waals surface area contributed by atoms with Crippen LogP contribution in [0.5, 0.6) is 11.5 Å². The van der Waals surface area contributed by atoms with E-state index in [1.807, 2.05) is 37.2 Å². The summed E-state index contributed by atoms with van der Waals surface area (Å²) in [6, 6.07) is 5.96. The quantitative estimate of drug-likeness (QED) is 0.543. The third-order valence-electron chi connectivity index (χ3n) is 3.74. The van der Waals surface area contributed by atoms with Crippen molar-refractivity contribution < 1.29 is 9.47 Å². The summed E-state index contributed by atoms with van der Waals surface area (Å²) < 4.78 is 10.6. The molecule has 7 nitrogen and oxygen atoms in total. The molecule has 0 bridgehead atoms. The lowest BCUT2D eigenvalue weighted by Gasteiger charge is -2.12. The van der Waals surface area contributed by atoms with Gasteiger partial charge in [-0.1, -0.05) is 6.07 Å². The fraction of sp³-hybridized carbons (Fsp3) is 0.444. The summed E-state index contributed by atoms with van der Waals surface area (Å²) in [6.45, 7) is 1.40. The lowest BCUT2D eigenvalue weighted by atomic mass is 10.1. The van der Waals surface area contributed by atoms with Crippen LogP contribution in [-0.2, 0) is 13.0 Å². The molecule has 0 aliphatic heterocycles. The maximum absolute atomic E-state index is 5.34. The van der Waals surface area contributed by atoms with Gasteiger partial charge in [0.1, 0.15) is 0 Å². The van der Waals surface area contributed by atoms with Gasteiger partial charge in [-0.3, -0.25) is 4.99 Å². The highest BCUT2D eigenvalue weighted by Gasteiger charge is 2.06. The number of methoxy groups -OCH3 is 2. The molecule has 142 valence electrons. The Kier molecular flexibility index (Phi) is 7.53. The van der Waals surface area contributed by atoms with Crippen molar-refractivity contribution in [1.82, 2.24) is 15.6 Å². The minimum absolute atomic E-state index is 0.639. The van der Waals surface area contributed by atoms with E-state index in [9.17, 15) is 0 Å². The highest BCUT2D eigenvalue weighted by molar-refractivity contribution is 7.13. The first kappa shape index (κ1) is 19.8. The molecule has 0 saturated carbocycles. The Hall–Kier alpha value is -2.48. The maximum atomic E-state index is 5.34. The summed E-state index contributed by atoms with van der Waals surface area (Å²) in [5.74, 6) is 2.24. The van der Waals surface area contributed by atoms with E-state index >= 15 is 0 Å². The lowest BCUT2D eigenvalue weighted by molar-refractivity contribution is 0.354. The third-order valence-corrected chi connectivity index (χ3v) is 4.79. The molecule has 0 amide bonds. The average Bonchev–Trinajstić information content (AvgIpc) is 3.13. The number of anilines is 1. The van der Waals surface area contributed by atoms with Crippen molar-refractivity contribution >= 4 is 22.4 Å². The highest BCUT2D eigenvalue weighted by atomic mass is 32.1. The molecule has 0 saturated heterocycles. The van der Waals surface area contributed by atoms with Gasteiger partial charge in [0.25, 0.3) is 0 Å². The Morgan fingerprint density at radius 1 is 1.19 bits per heavy atom. The Morgan fingerprint density at radius 2 is 1.96 bits per heavy atom. The van der Waals surface area contributed by atoms with E-state index in [-0.39, 0.29) is 0 Å². The SMILES string of the molecule is CN=C(NCCc1ccc(OC)c(OC)c1)NCc1csc(N(C)C)n1. The molecule has 1 aromatic heterocycles. The zero-order valence-electron chi connectivity index (χ0n) is 16.0. The van der Waals surface area contributed by atoms with Crippen molar-refractivity contribution in [3.63, 3.8) is 0 Å². The summed E-state index contributed by atoms with van der Waals surface area (Å²) in [7, 11) is 9.03. The second-order valence-corrected chi connectivity index (χ2v) is 6.64. The lowest BCUT2D eigenvalue weighted by Crippen LogP contribution is -2.37. The smallest absolute Gasteiger partial charge is 0.191 e. The van der Waals surface area contributed by atoms with E-state index in [1.165, 1.54) is 5.56 Å². The van der Waals surface area contributed by atoms with Crippen LogP contribution in [0.25, 0.3) is 0 Å². The summed E-state index contributed by atoms with van der Waals surface area (Å²) in [4.78, 5) is 10.8. The van der Waals surface area contributed by atoms with Crippen LogP contribution in [-0.4, -0.2) is 52.9 Å². The van der Waals surface area contributed by atoms with Crippen LogP contribution < -0.4 is 25.0 Å². The molecule has 1 heterocycles. The first-order valence-electron chi connectivity index (χ1n) is 8.34. The molecule has 1 aromatic carbocycles. The van der Waals surface area contributed by atoms with Crippen molar-refractivity contribution in [1.29, 1.82) is 0 Å². The molecule has 2 aromatic rings. The monoisotopic (exact) mass is 377 g/mol. The van der Waals surface area contributed by atoms with Gasteiger partial charge in [-0.05, 0) is 24.1 Å². The van der Waals surface area contributed by atoms with E-state index < -0.39 is 0 Å². The van der Waals surface area contributed by atoms with E-state index in [1.54, 1.807) is 32.6 Å². The van der Waals surface area contributed by atoms with Gasteiger partial charge < -0.3 is 25.0 Å². The normalized spacial score (nSPS) is 11.2. The van der Waals surface area contributed by atoms with Gasteiger partial charge in [0.05, 0.1) is 26.5 Å². The number of ether oxygens (including phenoxy) is 2. The molecule has 0 aliphatic carbocycles. The van der Waals surface area contributed by atoms with Crippen LogP contribution in [0.4, 0.5) is 5.13 Å². The number of hydrogen-bond acceptors (Lipinski definition) is 6. The number of rotatable bonds is 8. The van der Waals surface area contributed by atoms with E-state index in [0.29, 0.717) is 6.54 Å². The maximum Gasteiger partial charge on any atom is 0.191 e. The highest BCUT2D eigenvalue weighted by Crippen LogP contribution is 2.27. The van der Waals surface area contributed by atoms with Gasteiger partial charge in [-0.15, -0.1) is 11.3 Å². The standard InChI is InChI=1S/C18H27N5O2S/c1-19-17(21-11-14-12-26-18(22-14)23(2)3)20-9-8-13-6-7-15(24-4)16(10-13)25-5/h6-7,10,12H,8-9,11H2,1-5H3,(H2,19,20,21). The number of nitrogens with zero attached hydrogens (tertiary/aromatic N) is 3. The first-order chi connectivity index (χ1) is 12.6. The topological polar surface area (TPSA) is 71.0 Å². The Balaban J connectivity index is 1.81. The number of hydrogen-bond donors (Lipinski definition) is 2. The molecule has 0 fully saturated rings. The van der Waals surface area contributed by atoms with Crippen LogP contribution in [0.3, 0.4) is 0 Å². The Labute approximate surface area is 159 Å². The zero-order valence-corrected chi connectivity index (χ0v) is 16.8. The van der Waals surface area contributed by atoms with Crippen molar-refractivity contribution in [3.05, 3.63) is 34.8 Å². The number of nitrogens with one attached hydrogen (secondary N) is 2. The molecular weight excluding hydrogens is 350 g/mol. The molecule has 0 radical (unpaired) electrons. The molecule has 0 aliphatic rings. The van der Waals surface area contributed by atoms with E-state index in [2.05, 4.69) is 26.0 Å². The minimum Gasteiger partial charge on any atom is -0.493 e. The van der Waals surface area contributed by atoms with Crippen molar-refractivity contribution in [3.8, 4) is 11.5 Å². The van der Waals surface area contributed by atoms with Crippen LogP contribution in [0.15, 0.2) is 28.6 Å². The fourth-order valence-electron chi connectivity index (χ4n) is 2.34. The molecule has 2 N–H and O–H groups in total. The van der Waals surface area contributed by atoms with Crippen LogP contribution in [0.1, 0.15) is 11.3 Å². The summed E-state index contributed by atoms with van der Waals surface area (Å²) >= 11 is 1.63. The number of thiazole rings is 1. The first-order valence-corrected chi connectivity index (χ1v) is 9.22. The number of benzene rings is 1. The molecule has 26 heavy (non-hydrogen) atoms. The Morgan fingerprint density at radius 3 is 2.58 bits per heavy atom. The summed E-state index contributed by atoms with van der Waals surface area (Å²) in [5, 5.41) is 9.65. The second-order valence-electron chi connectivity index (χ2n) is 5.81. The van der Waals surface area contributed by atoms with Crippen LogP contribution in [0, 0.1) is 0 Å². The van der Waals surface area contributed by atoms with Gasteiger partial charge in [0.15, 0.2) is 22.6 Å². The zero-order chi connectivity index (χ0) is 18.9. The second kappa shape index (κ2) is 9.86. The summed E-state index contributed by atoms with van der Waals surface area (Å²) in [5.41, 5.74) is 2.17. The Bertz CT molecular complexity index is 730. The number of aromatic nitrogens is 1. The van der Waals surface area contributed by atoms with Gasteiger partial charge in [0.2, 0.25) is 0 Å². The van der Waals surface area contributed by atoms with Gasteiger partial charge in [0, 0.05) is 33.1 Å². The van der Waals surface area contributed by atoms with Gasteiger partial charge >= 0.3 is 0 Å². The summed E-state index contributed by atoms with van der Waals surface area (Å²) in [6.07, 6.45) is 0.850. The van der Waals surface area contributed by atoms with Crippen LogP contribution in [0.2, 0.25) is 0 Å². The van der Waals surface area contributed by atoms with E-state index in [0.717, 1.165) is 41.2 Å². The molecule has 2 rings (SSSR count). The fourth-order valence-corrected chi connectivity index (χ4v) is 3.10. The largest absolute Gasteiger partial charge is 0.493 e. The predicted octanol–water partition coefficient (Wildman–Crippen LogP) is 2.13. The molecule has 0 unspecified atom stereocenters.